The van der Waals surface area contributed by atoms with E-state index in [4.69, 9.17) is 0 Å². The van der Waals surface area contributed by atoms with Gasteiger partial charge in [-0.25, -0.2) is 13.1 Å². The Morgan fingerprint density at radius 1 is 1.28 bits per heavy atom. The summed E-state index contributed by atoms with van der Waals surface area (Å²) in [6.07, 6.45) is 5.34. The maximum Gasteiger partial charge on any atom is 0.211 e. The van der Waals surface area contributed by atoms with Gasteiger partial charge >= 0.3 is 0 Å². The van der Waals surface area contributed by atoms with Gasteiger partial charge in [-0.15, -0.1) is 0 Å². The van der Waals surface area contributed by atoms with Gasteiger partial charge in [0.05, 0.1) is 5.75 Å². The summed E-state index contributed by atoms with van der Waals surface area (Å²) in [6, 6.07) is 0. The van der Waals surface area contributed by atoms with Crippen LogP contribution in [0.3, 0.4) is 0 Å². The molecule has 0 aliphatic heterocycles. The highest BCUT2D eigenvalue weighted by Gasteiger charge is 2.22. The van der Waals surface area contributed by atoms with Gasteiger partial charge in [0.15, 0.2) is 0 Å². The first-order valence-corrected chi connectivity index (χ1v) is 9.36. The number of sulfonamides is 1. The number of alkyl halides is 1. The molecule has 0 radical (unpaired) electrons. The zero-order valence-corrected chi connectivity index (χ0v) is 14.1. The predicted octanol–water partition coefficient (Wildman–Crippen LogP) is 3.30. The molecule has 3 nitrogen and oxygen atoms in total. The van der Waals surface area contributed by atoms with E-state index in [1.165, 1.54) is 12.8 Å². The Morgan fingerprint density at radius 2 is 1.94 bits per heavy atom. The Labute approximate surface area is 120 Å². The largest absolute Gasteiger partial charge is 0.215 e. The minimum Gasteiger partial charge on any atom is -0.215 e. The van der Waals surface area contributed by atoms with Crippen LogP contribution in [0.15, 0.2) is 0 Å². The van der Waals surface area contributed by atoms with Crippen molar-refractivity contribution in [2.45, 2.75) is 57.7 Å². The summed E-state index contributed by atoms with van der Waals surface area (Å²) in [7, 11) is -3.10. The first-order valence-electron chi connectivity index (χ1n) is 6.79. The van der Waals surface area contributed by atoms with E-state index in [0.29, 0.717) is 23.7 Å². The van der Waals surface area contributed by atoms with Gasteiger partial charge in [0.25, 0.3) is 0 Å². The molecule has 1 saturated carbocycles. The normalized spacial score (nSPS) is 26.2. The second kappa shape index (κ2) is 6.71. The summed E-state index contributed by atoms with van der Waals surface area (Å²) in [5, 5.41) is 0. The van der Waals surface area contributed by atoms with E-state index in [9.17, 15) is 8.42 Å². The zero-order chi connectivity index (χ0) is 13.8. The van der Waals surface area contributed by atoms with Crippen molar-refractivity contribution in [1.29, 1.82) is 0 Å². The molecule has 2 atom stereocenters. The van der Waals surface area contributed by atoms with Crippen LogP contribution in [0, 0.1) is 11.3 Å². The lowest BCUT2D eigenvalue weighted by Gasteiger charge is -2.26. The summed E-state index contributed by atoms with van der Waals surface area (Å²) in [5.74, 6) is 0.730. The third-order valence-corrected chi connectivity index (χ3v) is 5.61. The first-order chi connectivity index (χ1) is 8.18. The third kappa shape index (κ3) is 7.10. The topological polar surface area (TPSA) is 46.2 Å². The van der Waals surface area contributed by atoms with Gasteiger partial charge in [0, 0.05) is 11.4 Å². The van der Waals surface area contributed by atoms with Crippen molar-refractivity contribution in [2.24, 2.45) is 11.3 Å². The van der Waals surface area contributed by atoms with E-state index < -0.39 is 10.0 Å². The molecule has 1 rings (SSSR count). The molecule has 1 fully saturated rings. The predicted molar refractivity (Wildman–Crippen MR) is 80.5 cm³/mol. The van der Waals surface area contributed by atoms with Gasteiger partial charge in [0.1, 0.15) is 0 Å². The van der Waals surface area contributed by atoms with E-state index in [1.54, 1.807) is 0 Å². The monoisotopic (exact) mass is 339 g/mol. The Morgan fingerprint density at radius 3 is 2.50 bits per heavy atom. The fraction of sp³-hybridized carbons (Fsp3) is 1.00. The first kappa shape index (κ1) is 16.4. The van der Waals surface area contributed by atoms with Crippen molar-refractivity contribution in [3.8, 4) is 0 Å². The molecule has 108 valence electrons. The van der Waals surface area contributed by atoms with Crippen molar-refractivity contribution >= 4 is 26.0 Å². The van der Waals surface area contributed by atoms with E-state index in [1.807, 2.05) is 0 Å². The quantitative estimate of drug-likeness (QED) is 0.781. The van der Waals surface area contributed by atoms with Crippen LogP contribution in [0.1, 0.15) is 52.9 Å². The average Bonchev–Trinajstić information content (AvgIpc) is 2.24. The van der Waals surface area contributed by atoms with Crippen LogP contribution in [-0.2, 0) is 10.0 Å². The second-order valence-electron chi connectivity index (χ2n) is 6.61. The second-order valence-corrected chi connectivity index (χ2v) is 9.83. The molecule has 0 aromatic rings. The average molecular weight is 340 g/mol. The fourth-order valence-corrected chi connectivity index (χ4v) is 4.54. The Bertz CT molecular complexity index is 348. The molecule has 1 N–H and O–H groups in total. The number of nitrogens with one attached hydrogen (secondary N) is 1. The summed E-state index contributed by atoms with van der Waals surface area (Å²) < 4.78 is 26.5. The summed E-state index contributed by atoms with van der Waals surface area (Å²) in [4.78, 5) is 0.565. The summed E-state index contributed by atoms with van der Waals surface area (Å²) in [5.41, 5.74) is 0.0700. The van der Waals surface area contributed by atoms with E-state index in [2.05, 4.69) is 41.4 Å². The number of hydrogen-bond donors (Lipinski definition) is 1. The van der Waals surface area contributed by atoms with Gasteiger partial charge in [-0.2, -0.15) is 0 Å². The molecule has 0 aromatic heterocycles. The van der Waals surface area contributed by atoms with Crippen LogP contribution in [0.5, 0.6) is 0 Å². The Kier molecular flexibility index (Phi) is 6.13. The molecule has 0 amide bonds. The number of halogens is 1. The van der Waals surface area contributed by atoms with Crippen molar-refractivity contribution in [3.63, 3.8) is 0 Å². The molecular formula is C13H26BrNO2S. The third-order valence-electron chi connectivity index (χ3n) is 3.43. The molecule has 18 heavy (non-hydrogen) atoms. The molecule has 0 aromatic carbocycles. The van der Waals surface area contributed by atoms with Gasteiger partial charge in [-0.05, 0) is 37.0 Å². The highest BCUT2D eigenvalue weighted by Crippen LogP contribution is 2.28. The highest BCUT2D eigenvalue weighted by molar-refractivity contribution is 9.09. The zero-order valence-electron chi connectivity index (χ0n) is 11.7. The minimum atomic E-state index is -3.10. The van der Waals surface area contributed by atoms with Crippen molar-refractivity contribution in [1.82, 2.24) is 4.72 Å². The van der Waals surface area contributed by atoms with Crippen LogP contribution in [0.4, 0.5) is 0 Å². The lowest BCUT2D eigenvalue weighted by Crippen LogP contribution is -2.34. The lowest BCUT2D eigenvalue weighted by molar-refractivity contribution is 0.366. The molecule has 1 aliphatic carbocycles. The van der Waals surface area contributed by atoms with Gasteiger partial charge in [-0.3, -0.25) is 0 Å². The van der Waals surface area contributed by atoms with Crippen LogP contribution in [0.2, 0.25) is 0 Å². The molecule has 2 unspecified atom stereocenters. The fourth-order valence-electron chi connectivity index (χ4n) is 2.17. The van der Waals surface area contributed by atoms with Gasteiger partial charge in [-0.1, -0.05) is 43.1 Å². The van der Waals surface area contributed by atoms with Crippen LogP contribution in [0.25, 0.3) is 0 Å². The smallest absolute Gasteiger partial charge is 0.211 e. The summed E-state index contributed by atoms with van der Waals surface area (Å²) >= 11 is 3.63. The maximum atomic E-state index is 11.9. The number of hydrogen-bond acceptors (Lipinski definition) is 2. The summed E-state index contributed by atoms with van der Waals surface area (Å²) in [6.45, 7) is 6.81. The molecule has 1 aliphatic rings. The minimum absolute atomic E-state index is 0.0700. The molecule has 0 saturated heterocycles. The van der Waals surface area contributed by atoms with Gasteiger partial charge in [0.2, 0.25) is 10.0 Å². The molecule has 5 heteroatoms. The van der Waals surface area contributed by atoms with Crippen LogP contribution >= 0.6 is 15.9 Å². The van der Waals surface area contributed by atoms with Gasteiger partial charge < -0.3 is 0 Å². The molecule has 0 spiro atoms. The number of rotatable bonds is 5. The molecule has 0 heterocycles. The highest BCUT2D eigenvalue weighted by atomic mass is 79.9. The maximum absolute atomic E-state index is 11.9. The van der Waals surface area contributed by atoms with E-state index in [0.717, 1.165) is 12.8 Å². The lowest BCUT2D eigenvalue weighted by atomic mass is 9.89. The molecular weight excluding hydrogens is 314 g/mol. The van der Waals surface area contributed by atoms with Crippen LogP contribution in [-0.4, -0.2) is 25.5 Å². The van der Waals surface area contributed by atoms with Crippen molar-refractivity contribution < 1.29 is 8.42 Å². The van der Waals surface area contributed by atoms with E-state index >= 15 is 0 Å². The Balaban J connectivity index is 2.32. The van der Waals surface area contributed by atoms with Crippen molar-refractivity contribution in [3.05, 3.63) is 0 Å². The standard InChI is InChI=1S/C13H26BrNO2S/c1-13(2,3)7-8-18(16,17)15-10-11-5-4-6-12(14)9-11/h11-12,15H,4-10H2,1-3H3. The van der Waals surface area contributed by atoms with Crippen molar-refractivity contribution in [2.75, 3.05) is 12.3 Å². The Hall–Kier alpha value is 0.390. The SMILES string of the molecule is CC(C)(C)CCS(=O)(=O)NCC1CCCC(Br)C1. The van der Waals surface area contributed by atoms with Crippen LogP contribution < -0.4 is 4.72 Å². The molecule has 0 bridgehead atoms. The van der Waals surface area contributed by atoms with E-state index in [-0.39, 0.29) is 11.2 Å².